The van der Waals surface area contributed by atoms with Gasteiger partial charge in [0.25, 0.3) is 0 Å². The number of aromatic nitrogens is 1. The molecule has 1 aromatic rings. The first kappa shape index (κ1) is 9.24. The summed E-state index contributed by atoms with van der Waals surface area (Å²) in [4.78, 5) is 11.2. The highest BCUT2D eigenvalue weighted by Crippen LogP contribution is 2.41. The Labute approximate surface area is 81.9 Å². The monoisotopic (exact) mass is 195 g/mol. The topological polar surface area (TPSA) is 63.3 Å². The molecule has 0 aliphatic heterocycles. The van der Waals surface area contributed by atoms with Gasteiger partial charge in [-0.3, -0.25) is 4.79 Å². The number of nitrogens with zero attached hydrogens (tertiary/aromatic N) is 1. The van der Waals surface area contributed by atoms with E-state index in [4.69, 9.17) is 4.52 Å². The van der Waals surface area contributed by atoms with Crippen LogP contribution in [0.15, 0.2) is 17.0 Å². The lowest BCUT2D eigenvalue weighted by Crippen LogP contribution is -2.29. The first-order valence-electron chi connectivity index (χ1n) is 4.85. The third-order valence-electron chi connectivity index (χ3n) is 3.04. The van der Waals surface area contributed by atoms with E-state index in [1.165, 1.54) is 6.26 Å². The van der Waals surface area contributed by atoms with E-state index in [1.807, 2.05) is 0 Å². The van der Waals surface area contributed by atoms with Gasteiger partial charge in [-0.05, 0) is 19.3 Å². The third-order valence-corrected chi connectivity index (χ3v) is 3.04. The number of hydrogen-bond donors (Lipinski definition) is 1. The molecule has 2 rings (SSSR count). The SMILES string of the molecule is O=C(O)C1(Cc2cnoc2)CCCC1. The largest absolute Gasteiger partial charge is 0.481 e. The normalized spacial score (nSPS) is 19.7. The molecular formula is C10H13NO3. The molecule has 1 aliphatic carbocycles. The summed E-state index contributed by atoms with van der Waals surface area (Å²) in [5.74, 6) is -0.684. The molecule has 14 heavy (non-hydrogen) atoms. The summed E-state index contributed by atoms with van der Waals surface area (Å²) < 4.78 is 4.71. The highest BCUT2D eigenvalue weighted by atomic mass is 16.5. The maximum Gasteiger partial charge on any atom is 0.309 e. The Hall–Kier alpha value is -1.32. The molecule has 0 atom stereocenters. The summed E-state index contributed by atoms with van der Waals surface area (Å²) >= 11 is 0. The van der Waals surface area contributed by atoms with Crippen molar-refractivity contribution in [2.24, 2.45) is 5.41 Å². The molecule has 0 unspecified atom stereocenters. The molecule has 76 valence electrons. The van der Waals surface area contributed by atoms with Crippen molar-refractivity contribution in [1.29, 1.82) is 0 Å². The summed E-state index contributed by atoms with van der Waals surface area (Å²) in [5, 5.41) is 12.8. The molecule has 1 heterocycles. The zero-order valence-corrected chi connectivity index (χ0v) is 7.90. The van der Waals surface area contributed by atoms with Crippen molar-refractivity contribution in [3.63, 3.8) is 0 Å². The molecule has 0 aromatic carbocycles. The van der Waals surface area contributed by atoms with Crippen LogP contribution in [0.4, 0.5) is 0 Å². The number of carboxylic acids is 1. The van der Waals surface area contributed by atoms with Crippen LogP contribution in [0.3, 0.4) is 0 Å². The Morgan fingerprint density at radius 3 is 2.79 bits per heavy atom. The van der Waals surface area contributed by atoms with E-state index in [-0.39, 0.29) is 0 Å². The average Bonchev–Trinajstić information content (AvgIpc) is 2.76. The molecular weight excluding hydrogens is 182 g/mol. The lowest BCUT2D eigenvalue weighted by molar-refractivity contribution is -0.148. The number of hydrogen-bond acceptors (Lipinski definition) is 3. The van der Waals surface area contributed by atoms with Gasteiger partial charge in [-0.15, -0.1) is 0 Å². The maximum absolute atomic E-state index is 11.2. The van der Waals surface area contributed by atoms with E-state index in [0.717, 1.165) is 31.2 Å². The summed E-state index contributed by atoms with van der Waals surface area (Å²) in [6.07, 6.45) is 7.24. The molecule has 0 amide bonds. The number of aliphatic carboxylic acids is 1. The average molecular weight is 195 g/mol. The standard InChI is InChI=1S/C10H13NO3/c12-9(13)10(3-1-2-4-10)5-8-6-11-14-7-8/h6-7H,1-5H2,(H,12,13). The van der Waals surface area contributed by atoms with Gasteiger partial charge in [0.2, 0.25) is 0 Å². The van der Waals surface area contributed by atoms with Gasteiger partial charge in [0.1, 0.15) is 6.26 Å². The van der Waals surface area contributed by atoms with Crippen LogP contribution in [0.5, 0.6) is 0 Å². The fourth-order valence-corrected chi connectivity index (χ4v) is 2.22. The van der Waals surface area contributed by atoms with E-state index in [2.05, 4.69) is 5.16 Å². The molecule has 1 fully saturated rings. The quantitative estimate of drug-likeness (QED) is 0.799. The Bertz CT molecular complexity index is 312. The predicted octanol–water partition coefficient (Wildman–Crippen LogP) is 1.86. The van der Waals surface area contributed by atoms with Crippen molar-refractivity contribution >= 4 is 5.97 Å². The number of carboxylic acid groups (broad SMARTS) is 1. The van der Waals surface area contributed by atoms with Crippen LogP contribution in [0.25, 0.3) is 0 Å². The minimum Gasteiger partial charge on any atom is -0.481 e. The first-order valence-corrected chi connectivity index (χ1v) is 4.85. The minimum absolute atomic E-state index is 0.547. The Kier molecular flexibility index (Phi) is 2.27. The molecule has 0 radical (unpaired) electrons. The van der Waals surface area contributed by atoms with Crippen molar-refractivity contribution in [3.05, 3.63) is 18.0 Å². The molecule has 4 nitrogen and oxygen atoms in total. The Balaban J connectivity index is 2.16. The van der Waals surface area contributed by atoms with Crippen LogP contribution in [-0.4, -0.2) is 16.2 Å². The number of carbonyl (C=O) groups is 1. The van der Waals surface area contributed by atoms with E-state index in [9.17, 15) is 9.90 Å². The lowest BCUT2D eigenvalue weighted by atomic mass is 9.81. The minimum atomic E-state index is -0.684. The predicted molar refractivity (Wildman–Crippen MR) is 48.7 cm³/mol. The maximum atomic E-state index is 11.2. The molecule has 1 aliphatic rings. The van der Waals surface area contributed by atoms with Crippen molar-refractivity contribution in [2.45, 2.75) is 32.1 Å². The Morgan fingerprint density at radius 1 is 1.57 bits per heavy atom. The lowest BCUT2D eigenvalue weighted by Gasteiger charge is -2.22. The van der Waals surface area contributed by atoms with Crippen LogP contribution in [-0.2, 0) is 11.2 Å². The van der Waals surface area contributed by atoms with E-state index >= 15 is 0 Å². The van der Waals surface area contributed by atoms with Crippen molar-refractivity contribution in [2.75, 3.05) is 0 Å². The summed E-state index contributed by atoms with van der Waals surface area (Å²) in [6.45, 7) is 0. The second-order valence-corrected chi connectivity index (χ2v) is 4.00. The van der Waals surface area contributed by atoms with E-state index in [0.29, 0.717) is 6.42 Å². The van der Waals surface area contributed by atoms with Gasteiger partial charge in [0, 0.05) is 5.56 Å². The van der Waals surface area contributed by atoms with E-state index < -0.39 is 11.4 Å². The van der Waals surface area contributed by atoms with Crippen LogP contribution in [0.1, 0.15) is 31.2 Å². The van der Waals surface area contributed by atoms with Gasteiger partial charge < -0.3 is 9.63 Å². The van der Waals surface area contributed by atoms with E-state index in [1.54, 1.807) is 6.20 Å². The van der Waals surface area contributed by atoms with Crippen LogP contribution >= 0.6 is 0 Å². The smallest absolute Gasteiger partial charge is 0.309 e. The fraction of sp³-hybridized carbons (Fsp3) is 0.600. The zero-order chi connectivity index (χ0) is 10.0. The molecule has 0 saturated heterocycles. The number of rotatable bonds is 3. The fourth-order valence-electron chi connectivity index (χ4n) is 2.22. The van der Waals surface area contributed by atoms with Gasteiger partial charge in [0.05, 0.1) is 11.6 Å². The van der Waals surface area contributed by atoms with Crippen molar-refractivity contribution in [3.8, 4) is 0 Å². The van der Waals surface area contributed by atoms with Crippen molar-refractivity contribution in [1.82, 2.24) is 5.16 Å². The summed E-state index contributed by atoms with van der Waals surface area (Å²) in [7, 11) is 0. The zero-order valence-electron chi connectivity index (χ0n) is 7.90. The highest BCUT2D eigenvalue weighted by molar-refractivity contribution is 5.75. The van der Waals surface area contributed by atoms with Crippen LogP contribution in [0.2, 0.25) is 0 Å². The highest BCUT2D eigenvalue weighted by Gasteiger charge is 2.41. The molecule has 0 bridgehead atoms. The van der Waals surface area contributed by atoms with Gasteiger partial charge in [-0.1, -0.05) is 18.0 Å². The van der Waals surface area contributed by atoms with Gasteiger partial charge in [-0.25, -0.2) is 0 Å². The Morgan fingerprint density at radius 2 is 2.29 bits per heavy atom. The molecule has 1 N–H and O–H groups in total. The van der Waals surface area contributed by atoms with Crippen LogP contribution in [0, 0.1) is 5.41 Å². The van der Waals surface area contributed by atoms with Crippen LogP contribution < -0.4 is 0 Å². The summed E-state index contributed by atoms with van der Waals surface area (Å²) in [6, 6.07) is 0. The van der Waals surface area contributed by atoms with Gasteiger partial charge >= 0.3 is 5.97 Å². The molecule has 0 spiro atoms. The van der Waals surface area contributed by atoms with Gasteiger partial charge in [0.15, 0.2) is 0 Å². The first-order chi connectivity index (χ1) is 6.73. The van der Waals surface area contributed by atoms with Gasteiger partial charge in [-0.2, -0.15) is 0 Å². The molecule has 1 aromatic heterocycles. The molecule has 1 saturated carbocycles. The second kappa shape index (κ2) is 3.44. The second-order valence-electron chi connectivity index (χ2n) is 4.00. The molecule has 4 heteroatoms. The van der Waals surface area contributed by atoms with Crippen molar-refractivity contribution < 1.29 is 14.4 Å². The third kappa shape index (κ3) is 1.52. The summed E-state index contributed by atoms with van der Waals surface area (Å²) in [5.41, 5.74) is 0.320.